The summed E-state index contributed by atoms with van der Waals surface area (Å²) in [5.41, 5.74) is 4.12. The number of hydrogen-bond donors (Lipinski definition) is 1. The molecule has 112 valence electrons. The Bertz CT molecular complexity index is 543. The minimum atomic E-state index is 0.468. The summed E-state index contributed by atoms with van der Waals surface area (Å²) in [7, 11) is 0. The molecule has 0 saturated heterocycles. The standard InChI is InChI=1S/C19H24BrN/c1-14(2)18-8-4-17(5-9-18)13-21-15(3)12-16-6-10-19(20)11-7-16/h4-11,14-15,21H,12-13H2,1-3H3. The molecule has 0 saturated carbocycles. The summed E-state index contributed by atoms with van der Waals surface area (Å²) < 4.78 is 1.14. The third-order valence-corrected chi connectivity index (χ3v) is 4.28. The normalized spacial score (nSPS) is 12.6. The monoisotopic (exact) mass is 345 g/mol. The molecule has 0 aliphatic heterocycles. The average Bonchev–Trinajstić information content (AvgIpc) is 2.48. The van der Waals surface area contributed by atoms with Crippen LogP contribution in [0.5, 0.6) is 0 Å². The zero-order valence-electron chi connectivity index (χ0n) is 13.1. The lowest BCUT2D eigenvalue weighted by Crippen LogP contribution is -2.27. The highest BCUT2D eigenvalue weighted by atomic mass is 79.9. The van der Waals surface area contributed by atoms with Crippen molar-refractivity contribution in [1.82, 2.24) is 5.32 Å². The van der Waals surface area contributed by atoms with Crippen LogP contribution in [0.2, 0.25) is 0 Å². The van der Waals surface area contributed by atoms with Gasteiger partial charge >= 0.3 is 0 Å². The summed E-state index contributed by atoms with van der Waals surface area (Å²) in [5.74, 6) is 0.600. The fourth-order valence-corrected chi connectivity index (χ4v) is 2.62. The molecule has 2 heteroatoms. The van der Waals surface area contributed by atoms with Gasteiger partial charge in [0, 0.05) is 17.1 Å². The molecule has 1 nitrogen and oxygen atoms in total. The second kappa shape index (κ2) is 7.77. The molecule has 2 aromatic rings. The van der Waals surface area contributed by atoms with Crippen molar-refractivity contribution >= 4 is 15.9 Å². The van der Waals surface area contributed by atoms with Crippen LogP contribution in [-0.4, -0.2) is 6.04 Å². The third kappa shape index (κ3) is 5.29. The van der Waals surface area contributed by atoms with Crippen LogP contribution in [0.25, 0.3) is 0 Å². The Hall–Kier alpha value is -1.12. The molecule has 0 fully saturated rings. The topological polar surface area (TPSA) is 12.0 Å². The van der Waals surface area contributed by atoms with Gasteiger partial charge in [-0.1, -0.05) is 66.2 Å². The van der Waals surface area contributed by atoms with E-state index >= 15 is 0 Å². The first-order chi connectivity index (χ1) is 10.0. The van der Waals surface area contributed by atoms with E-state index in [1.807, 2.05) is 0 Å². The Morgan fingerprint density at radius 3 is 2.00 bits per heavy atom. The van der Waals surface area contributed by atoms with E-state index in [9.17, 15) is 0 Å². The van der Waals surface area contributed by atoms with E-state index in [-0.39, 0.29) is 0 Å². The van der Waals surface area contributed by atoms with Gasteiger partial charge in [-0.15, -0.1) is 0 Å². The molecule has 21 heavy (non-hydrogen) atoms. The number of rotatable bonds is 6. The molecule has 0 radical (unpaired) electrons. The fourth-order valence-electron chi connectivity index (χ4n) is 2.36. The molecule has 1 atom stereocenters. The van der Waals surface area contributed by atoms with Crippen LogP contribution in [-0.2, 0) is 13.0 Å². The second-order valence-electron chi connectivity index (χ2n) is 6.01. The summed E-state index contributed by atoms with van der Waals surface area (Å²) >= 11 is 3.47. The van der Waals surface area contributed by atoms with Gasteiger partial charge in [0.25, 0.3) is 0 Å². The van der Waals surface area contributed by atoms with Crippen LogP contribution in [0, 0.1) is 0 Å². The predicted octanol–water partition coefficient (Wildman–Crippen LogP) is 5.29. The van der Waals surface area contributed by atoms with E-state index in [0.29, 0.717) is 12.0 Å². The first-order valence-electron chi connectivity index (χ1n) is 7.61. The van der Waals surface area contributed by atoms with Gasteiger partial charge in [0.1, 0.15) is 0 Å². The maximum atomic E-state index is 3.60. The summed E-state index contributed by atoms with van der Waals surface area (Å²) in [4.78, 5) is 0. The quantitative estimate of drug-likeness (QED) is 0.749. The van der Waals surface area contributed by atoms with E-state index < -0.39 is 0 Å². The molecule has 0 aliphatic carbocycles. The maximum absolute atomic E-state index is 3.60. The number of benzene rings is 2. The van der Waals surface area contributed by atoms with Crippen molar-refractivity contribution in [3.8, 4) is 0 Å². The predicted molar refractivity (Wildman–Crippen MR) is 94.7 cm³/mol. The van der Waals surface area contributed by atoms with Gasteiger partial charge in [-0.3, -0.25) is 0 Å². The van der Waals surface area contributed by atoms with E-state index in [2.05, 4.69) is 90.5 Å². The lowest BCUT2D eigenvalue weighted by atomic mass is 10.0. The fraction of sp³-hybridized carbons (Fsp3) is 0.368. The largest absolute Gasteiger partial charge is 0.310 e. The molecule has 1 N–H and O–H groups in total. The van der Waals surface area contributed by atoms with Crippen molar-refractivity contribution in [3.63, 3.8) is 0 Å². The Labute approximate surface area is 136 Å². The highest BCUT2D eigenvalue weighted by molar-refractivity contribution is 9.10. The van der Waals surface area contributed by atoms with Crippen LogP contribution in [0.15, 0.2) is 53.0 Å². The van der Waals surface area contributed by atoms with E-state index in [0.717, 1.165) is 17.4 Å². The lowest BCUT2D eigenvalue weighted by molar-refractivity contribution is 0.545. The average molecular weight is 346 g/mol. The van der Waals surface area contributed by atoms with Crippen LogP contribution in [0.3, 0.4) is 0 Å². The molecule has 1 unspecified atom stereocenters. The Kier molecular flexibility index (Phi) is 6.01. The van der Waals surface area contributed by atoms with E-state index in [1.165, 1.54) is 16.7 Å². The van der Waals surface area contributed by atoms with Crippen LogP contribution in [0.4, 0.5) is 0 Å². The van der Waals surface area contributed by atoms with Gasteiger partial charge in [-0.25, -0.2) is 0 Å². The van der Waals surface area contributed by atoms with Gasteiger partial charge in [-0.05, 0) is 48.1 Å². The number of hydrogen-bond acceptors (Lipinski definition) is 1. The third-order valence-electron chi connectivity index (χ3n) is 3.76. The molecule has 0 heterocycles. The highest BCUT2D eigenvalue weighted by Gasteiger charge is 2.04. The minimum Gasteiger partial charge on any atom is -0.310 e. The Balaban J connectivity index is 1.83. The second-order valence-corrected chi connectivity index (χ2v) is 6.92. The van der Waals surface area contributed by atoms with Crippen LogP contribution < -0.4 is 5.32 Å². The Morgan fingerprint density at radius 1 is 0.857 bits per heavy atom. The summed E-state index contributed by atoms with van der Waals surface area (Å²) in [6.45, 7) is 7.63. The van der Waals surface area contributed by atoms with Crippen LogP contribution in [0.1, 0.15) is 43.4 Å². The smallest absolute Gasteiger partial charge is 0.0208 e. The van der Waals surface area contributed by atoms with Crippen molar-refractivity contribution in [3.05, 3.63) is 69.7 Å². The molecular formula is C19H24BrN. The zero-order chi connectivity index (χ0) is 15.2. The summed E-state index contributed by atoms with van der Waals surface area (Å²) in [6, 6.07) is 18.0. The maximum Gasteiger partial charge on any atom is 0.0208 e. The molecule has 0 aromatic heterocycles. The van der Waals surface area contributed by atoms with Crippen molar-refractivity contribution in [2.24, 2.45) is 0 Å². The summed E-state index contributed by atoms with van der Waals surface area (Å²) in [6.07, 6.45) is 1.05. The van der Waals surface area contributed by atoms with E-state index in [4.69, 9.17) is 0 Å². The molecule has 0 aliphatic rings. The Morgan fingerprint density at radius 2 is 1.43 bits per heavy atom. The minimum absolute atomic E-state index is 0.468. The van der Waals surface area contributed by atoms with Crippen molar-refractivity contribution in [2.75, 3.05) is 0 Å². The SMILES string of the molecule is CC(Cc1ccc(Br)cc1)NCc1ccc(C(C)C)cc1. The van der Waals surface area contributed by atoms with Gasteiger partial charge in [0.05, 0.1) is 0 Å². The molecular weight excluding hydrogens is 322 g/mol. The van der Waals surface area contributed by atoms with Crippen molar-refractivity contribution in [1.29, 1.82) is 0 Å². The highest BCUT2D eigenvalue weighted by Crippen LogP contribution is 2.15. The molecule has 0 spiro atoms. The van der Waals surface area contributed by atoms with Gasteiger partial charge in [0.15, 0.2) is 0 Å². The number of nitrogens with one attached hydrogen (secondary N) is 1. The first kappa shape index (κ1) is 16.3. The zero-order valence-corrected chi connectivity index (χ0v) is 14.7. The van der Waals surface area contributed by atoms with E-state index in [1.54, 1.807) is 0 Å². The van der Waals surface area contributed by atoms with Gasteiger partial charge in [-0.2, -0.15) is 0 Å². The first-order valence-corrected chi connectivity index (χ1v) is 8.40. The molecule has 0 amide bonds. The van der Waals surface area contributed by atoms with Crippen LogP contribution >= 0.6 is 15.9 Å². The number of halogens is 1. The van der Waals surface area contributed by atoms with Crippen molar-refractivity contribution in [2.45, 2.75) is 45.7 Å². The van der Waals surface area contributed by atoms with Gasteiger partial charge < -0.3 is 5.32 Å². The summed E-state index contributed by atoms with van der Waals surface area (Å²) in [5, 5.41) is 3.60. The van der Waals surface area contributed by atoms with Gasteiger partial charge in [0.2, 0.25) is 0 Å². The molecule has 2 rings (SSSR count). The molecule has 2 aromatic carbocycles. The molecule has 0 bridgehead atoms. The lowest BCUT2D eigenvalue weighted by Gasteiger charge is -2.14. The van der Waals surface area contributed by atoms with Crippen molar-refractivity contribution < 1.29 is 0 Å².